The molecule has 25 heavy (non-hydrogen) atoms. The summed E-state index contributed by atoms with van der Waals surface area (Å²) in [6, 6.07) is 14.7. The second-order valence-electron chi connectivity index (χ2n) is 7.12. The Balaban J connectivity index is 1.64. The number of nitrogens with zero attached hydrogens (tertiary/aromatic N) is 1. The minimum atomic E-state index is 0.806. The Morgan fingerprint density at radius 3 is 2.36 bits per heavy atom. The Bertz CT molecular complexity index is 823. The van der Waals surface area contributed by atoms with Gasteiger partial charge in [-0.05, 0) is 36.6 Å². The first-order chi connectivity index (χ1) is 12.3. The van der Waals surface area contributed by atoms with Gasteiger partial charge in [0.15, 0.2) is 0 Å². The van der Waals surface area contributed by atoms with E-state index in [4.69, 9.17) is 10.7 Å². The van der Waals surface area contributed by atoms with Gasteiger partial charge in [-0.15, -0.1) is 0 Å². The van der Waals surface area contributed by atoms with Gasteiger partial charge in [0.2, 0.25) is 0 Å². The highest BCUT2D eigenvalue weighted by Crippen LogP contribution is 2.26. The van der Waals surface area contributed by atoms with Crippen molar-refractivity contribution in [1.82, 2.24) is 4.98 Å². The average molecular weight is 335 g/mol. The van der Waals surface area contributed by atoms with E-state index in [0.29, 0.717) is 0 Å². The topological polar surface area (TPSA) is 38.9 Å². The van der Waals surface area contributed by atoms with Crippen LogP contribution in [-0.4, -0.2) is 4.98 Å². The van der Waals surface area contributed by atoms with Crippen LogP contribution in [0.4, 0.5) is 5.69 Å². The smallest absolute Gasteiger partial charge is 0.0741 e. The van der Waals surface area contributed by atoms with Crippen molar-refractivity contribution in [3.8, 4) is 0 Å². The summed E-state index contributed by atoms with van der Waals surface area (Å²) in [5, 5.41) is 2.25. The zero-order valence-corrected chi connectivity index (χ0v) is 15.4. The molecule has 3 rings (SSSR count). The molecular weight excluding hydrogens is 304 g/mol. The molecule has 2 N–H and O–H groups in total. The maximum absolute atomic E-state index is 6.10. The van der Waals surface area contributed by atoms with E-state index in [1.807, 2.05) is 12.1 Å². The lowest BCUT2D eigenvalue weighted by molar-refractivity contribution is 0.576. The number of nitrogens with two attached hydrogens (primary N) is 1. The first-order valence-corrected chi connectivity index (χ1v) is 9.86. The van der Waals surface area contributed by atoms with Crippen molar-refractivity contribution in [2.45, 2.75) is 64.7 Å². The normalized spacial score (nSPS) is 11.4. The summed E-state index contributed by atoms with van der Waals surface area (Å²) in [5.41, 5.74) is 10.4. The van der Waals surface area contributed by atoms with Gasteiger partial charge in [-0.3, -0.25) is 0 Å². The number of aromatic nitrogens is 1. The Kier molecular flexibility index (Phi) is 6.27. The number of nitrogen functional groups attached to an aromatic ring is 1. The van der Waals surface area contributed by atoms with Gasteiger partial charge in [-0.1, -0.05) is 76.1 Å². The molecule has 2 heteroatoms. The van der Waals surface area contributed by atoms with Crippen LogP contribution in [0.25, 0.3) is 21.8 Å². The number of hydrogen-bond acceptors (Lipinski definition) is 2. The molecule has 0 fully saturated rings. The summed E-state index contributed by atoms with van der Waals surface area (Å²) >= 11 is 0. The zero-order chi connectivity index (χ0) is 17.5. The number of unbranched alkanes of at least 4 members (excludes halogenated alkanes) is 7. The molecule has 0 saturated carbocycles. The summed E-state index contributed by atoms with van der Waals surface area (Å²) in [5.74, 6) is 0. The number of anilines is 1. The summed E-state index contributed by atoms with van der Waals surface area (Å²) < 4.78 is 0. The van der Waals surface area contributed by atoms with E-state index in [1.165, 1.54) is 62.3 Å². The van der Waals surface area contributed by atoms with E-state index in [9.17, 15) is 0 Å². The minimum Gasteiger partial charge on any atom is -0.398 e. The number of rotatable bonds is 9. The van der Waals surface area contributed by atoms with E-state index in [1.54, 1.807) is 0 Å². The summed E-state index contributed by atoms with van der Waals surface area (Å²) in [6.45, 7) is 2.27. The van der Waals surface area contributed by atoms with Gasteiger partial charge in [0.25, 0.3) is 0 Å². The predicted molar refractivity (Wildman–Crippen MR) is 110 cm³/mol. The Morgan fingerprint density at radius 2 is 1.56 bits per heavy atom. The second-order valence-corrected chi connectivity index (χ2v) is 7.12. The number of benzene rings is 2. The molecule has 2 aromatic carbocycles. The van der Waals surface area contributed by atoms with Crippen molar-refractivity contribution in [2.24, 2.45) is 0 Å². The van der Waals surface area contributed by atoms with E-state index < -0.39 is 0 Å². The molecular formula is C23H30N2. The van der Waals surface area contributed by atoms with Crippen LogP contribution in [-0.2, 0) is 6.42 Å². The molecule has 0 aliphatic rings. The summed E-state index contributed by atoms with van der Waals surface area (Å²) in [4.78, 5) is 4.91. The zero-order valence-electron chi connectivity index (χ0n) is 15.4. The van der Waals surface area contributed by atoms with Gasteiger partial charge in [0.1, 0.15) is 0 Å². The Hall–Kier alpha value is -2.09. The van der Waals surface area contributed by atoms with Gasteiger partial charge in [0, 0.05) is 16.5 Å². The molecule has 1 aromatic heterocycles. The third-order valence-corrected chi connectivity index (χ3v) is 5.10. The van der Waals surface area contributed by atoms with Crippen molar-refractivity contribution in [3.63, 3.8) is 0 Å². The molecule has 0 aliphatic carbocycles. The van der Waals surface area contributed by atoms with Crippen molar-refractivity contribution in [3.05, 3.63) is 48.0 Å². The fourth-order valence-electron chi connectivity index (χ4n) is 3.62. The largest absolute Gasteiger partial charge is 0.398 e. The molecule has 0 aliphatic heterocycles. The molecule has 0 saturated heterocycles. The maximum Gasteiger partial charge on any atom is 0.0741 e. The van der Waals surface area contributed by atoms with Crippen molar-refractivity contribution in [1.29, 1.82) is 0 Å². The molecule has 0 amide bonds. The van der Waals surface area contributed by atoms with Crippen LogP contribution in [0.5, 0.6) is 0 Å². The fourth-order valence-corrected chi connectivity index (χ4v) is 3.62. The first-order valence-electron chi connectivity index (χ1n) is 9.86. The molecule has 0 radical (unpaired) electrons. The van der Waals surface area contributed by atoms with Crippen LogP contribution in [0.3, 0.4) is 0 Å². The first kappa shape index (κ1) is 17.7. The lowest BCUT2D eigenvalue weighted by atomic mass is 10.0. The standard InChI is InChI=1S/C23H30N2/c1-2-3-4-5-6-7-8-9-12-18-13-10-14-19-17-20-21(24)15-11-16-22(20)25-23(18)19/h10-11,13-17H,2-9,12,24H2,1H3. The van der Waals surface area contributed by atoms with Crippen molar-refractivity contribution >= 4 is 27.5 Å². The second kappa shape index (κ2) is 8.84. The molecule has 0 spiro atoms. The van der Waals surface area contributed by atoms with Crippen LogP contribution < -0.4 is 5.73 Å². The quantitative estimate of drug-likeness (QED) is 0.270. The summed E-state index contributed by atoms with van der Waals surface area (Å²) in [7, 11) is 0. The van der Waals surface area contributed by atoms with Gasteiger partial charge in [-0.2, -0.15) is 0 Å². The number of hydrogen-bond donors (Lipinski definition) is 1. The van der Waals surface area contributed by atoms with Crippen molar-refractivity contribution < 1.29 is 0 Å². The fraction of sp³-hybridized carbons (Fsp3) is 0.435. The maximum atomic E-state index is 6.10. The van der Waals surface area contributed by atoms with Gasteiger partial charge in [0.05, 0.1) is 11.0 Å². The van der Waals surface area contributed by atoms with Crippen LogP contribution in [0, 0.1) is 0 Å². The van der Waals surface area contributed by atoms with Crippen LogP contribution in [0.2, 0.25) is 0 Å². The van der Waals surface area contributed by atoms with E-state index in [-0.39, 0.29) is 0 Å². The number of pyridine rings is 1. The van der Waals surface area contributed by atoms with Gasteiger partial charge >= 0.3 is 0 Å². The molecule has 2 nitrogen and oxygen atoms in total. The predicted octanol–water partition coefficient (Wildman–Crippen LogP) is 6.65. The minimum absolute atomic E-state index is 0.806. The lowest BCUT2D eigenvalue weighted by Crippen LogP contribution is -1.93. The van der Waals surface area contributed by atoms with Gasteiger partial charge in [-0.25, -0.2) is 4.98 Å². The Labute approximate surface area is 151 Å². The van der Waals surface area contributed by atoms with Crippen LogP contribution in [0.15, 0.2) is 42.5 Å². The Morgan fingerprint density at radius 1 is 0.840 bits per heavy atom. The molecule has 1 heterocycles. The molecule has 132 valence electrons. The number of fused-ring (bicyclic) bond motifs is 2. The lowest BCUT2D eigenvalue weighted by Gasteiger charge is -2.09. The monoisotopic (exact) mass is 334 g/mol. The number of aryl methyl sites for hydroxylation is 1. The van der Waals surface area contributed by atoms with E-state index in [0.717, 1.165) is 28.5 Å². The van der Waals surface area contributed by atoms with Crippen molar-refractivity contribution in [2.75, 3.05) is 5.73 Å². The molecule has 0 unspecified atom stereocenters. The van der Waals surface area contributed by atoms with Crippen LogP contribution >= 0.6 is 0 Å². The third-order valence-electron chi connectivity index (χ3n) is 5.10. The highest BCUT2D eigenvalue weighted by molar-refractivity contribution is 5.99. The highest BCUT2D eigenvalue weighted by Gasteiger charge is 2.06. The molecule has 0 bridgehead atoms. The average Bonchev–Trinajstić information content (AvgIpc) is 2.63. The summed E-state index contributed by atoms with van der Waals surface area (Å²) in [6.07, 6.45) is 12.0. The SMILES string of the molecule is CCCCCCCCCCc1cccc2cc3c(N)cccc3nc12. The van der Waals surface area contributed by atoms with E-state index in [2.05, 4.69) is 37.3 Å². The number of para-hydroxylation sites is 1. The van der Waals surface area contributed by atoms with E-state index >= 15 is 0 Å². The third kappa shape index (κ3) is 4.50. The highest BCUT2D eigenvalue weighted by atomic mass is 14.7. The molecule has 0 atom stereocenters. The molecule has 3 aromatic rings. The van der Waals surface area contributed by atoms with Gasteiger partial charge < -0.3 is 5.73 Å². The van der Waals surface area contributed by atoms with Crippen LogP contribution in [0.1, 0.15) is 63.9 Å².